The van der Waals surface area contributed by atoms with Crippen LogP contribution in [0.15, 0.2) is 6.20 Å². The van der Waals surface area contributed by atoms with Gasteiger partial charge in [-0.25, -0.2) is 0 Å². The average molecular weight is 221 g/mol. The summed E-state index contributed by atoms with van der Waals surface area (Å²) in [6.07, 6.45) is 5.74. The van der Waals surface area contributed by atoms with Crippen molar-refractivity contribution in [3.63, 3.8) is 0 Å². The summed E-state index contributed by atoms with van der Waals surface area (Å²) in [4.78, 5) is 0. The molecular weight excluding hydrogens is 198 g/mol. The Morgan fingerprint density at radius 1 is 1.44 bits per heavy atom. The van der Waals surface area contributed by atoms with E-state index < -0.39 is 0 Å². The van der Waals surface area contributed by atoms with Crippen LogP contribution in [0.4, 0.5) is 0 Å². The molecule has 3 nitrogen and oxygen atoms in total. The van der Waals surface area contributed by atoms with Crippen molar-refractivity contribution < 1.29 is 0 Å². The summed E-state index contributed by atoms with van der Waals surface area (Å²) in [5, 5.41) is 7.87. The number of aromatic nitrogens is 2. The highest BCUT2D eigenvalue weighted by molar-refractivity contribution is 5.23. The van der Waals surface area contributed by atoms with E-state index in [1.807, 2.05) is 0 Å². The number of nitrogens with one attached hydrogen (secondary N) is 1. The molecular formula is C13H23N3. The first-order valence-corrected chi connectivity index (χ1v) is 6.40. The van der Waals surface area contributed by atoms with Crippen molar-refractivity contribution in [2.24, 2.45) is 13.0 Å². The van der Waals surface area contributed by atoms with Crippen LogP contribution in [0.25, 0.3) is 0 Å². The Morgan fingerprint density at radius 2 is 2.12 bits per heavy atom. The Bertz CT molecular complexity index is 335. The van der Waals surface area contributed by atoms with Gasteiger partial charge < -0.3 is 5.32 Å². The number of aryl methyl sites for hydroxylation is 1. The lowest BCUT2D eigenvalue weighted by Gasteiger charge is -2.24. The highest BCUT2D eigenvalue weighted by Gasteiger charge is 2.21. The smallest absolute Gasteiger partial charge is 0.0524 e. The van der Waals surface area contributed by atoms with Gasteiger partial charge in [0.1, 0.15) is 0 Å². The van der Waals surface area contributed by atoms with E-state index in [-0.39, 0.29) is 0 Å². The summed E-state index contributed by atoms with van der Waals surface area (Å²) in [6, 6.07) is 0. The van der Waals surface area contributed by atoms with E-state index in [0.717, 1.165) is 19.5 Å². The van der Waals surface area contributed by atoms with Gasteiger partial charge in [-0.1, -0.05) is 13.8 Å². The van der Waals surface area contributed by atoms with E-state index in [1.165, 1.54) is 24.1 Å². The highest BCUT2D eigenvalue weighted by Crippen LogP contribution is 2.28. The Labute approximate surface area is 98.2 Å². The van der Waals surface area contributed by atoms with Crippen molar-refractivity contribution in [3.8, 4) is 0 Å². The summed E-state index contributed by atoms with van der Waals surface area (Å²) in [5.41, 5.74) is 2.94. The maximum atomic E-state index is 4.44. The van der Waals surface area contributed by atoms with Gasteiger partial charge in [-0.2, -0.15) is 5.10 Å². The van der Waals surface area contributed by atoms with Crippen molar-refractivity contribution >= 4 is 0 Å². The molecule has 1 saturated heterocycles. The van der Waals surface area contributed by atoms with Crippen LogP contribution < -0.4 is 5.32 Å². The van der Waals surface area contributed by atoms with Gasteiger partial charge in [0, 0.05) is 18.7 Å². The molecule has 0 spiro atoms. The normalized spacial score (nSPS) is 18.2. The molecule has 16 heavy (non-hydrogen) atoms. The number of hydrogen-bond acceptors (Lipinski definition) is 2. The molecule has 0 radical (unpaired) electrons. The lowest BCUT2D eigenvalue weighted by molar-refractivity contribution is 0.436. The van der Waals surface area contributed by atoms with Crippen LogP contribution >= 0.6 is 0 Å². The number of rotatable bonds is 3. The van der Waals surface area contributed by atoms with E-state index in [9.17, 15) is 0 Å². The van der Waals surface area contributed by atoms with Crippen LogP contribution in [0, 0.1) is 5.92 Å². The molecule has 0 amide bonds. The highest BCUT2D eigenvalue weighted by atomic mass is 15.3. The van der Waals surface area contributed by atoms with Gasteiger partial charge in [-0.3, -0.25) is 4.68 Å². The van der Waals surface area contributed by atoms with Gasteiger partial charge in [0.25, 0.3) is 0 Å². The quantitative estimate of drug-likeness (QED) is 0.847. The maximum Gasteiger partial charge on any atom is 0.0524 e. The molecule has 0 bridgehead atoms. The van der Waals surface area contributed by atoms with Crippen molar-refractivity contribution in [1.29, 1.82) is 0 Å². The second kappa shape index (κ2) is 5.00. The monoisotopic (exact) mass is 221 g/mol. The predicted molar refractivity (Wildman–Crippen MR) is 66.6 cm³/mol. The predicted octanol–water partition coefficient (Wildman–Crippen LogP) is 2.09. The minimum atomic E-state index is 0.711. The molecule has 0 atom stereocenters. The minimum absolute atomic E-state index is 0.711. The first-order valence-electron chi connectivity index (χ1n) is 6.40. The fourth-order valence-electron chi connectivity index (χ4n) is 2.71. The molecule has 0 aliphatic carbocycles. The molecule has 0 aromatic carbocycles. The van der Waals surface area contributed by atoms with Crippen LogP contribution in [-0.4, -0.2) is 22.9 Å². The summed E-state index contributed by atoms with van der Waals surface area (Å²) in [7, 11) is 2.08. The molecule has 1 aliphatic heterocycles. The van der Waals surface area contributed by atoms with E-state index in [0.29, 0.717) is 11.8 Å². The lowest BCUT2D eigenvalue weighted by atomic mass is 9.90. The molecule has 2 rings (SSSR count). The van der Waals surface area contributed by atoms with Crippen LogP contribution in [0.3, 0.4) is 0 Å². The molecule has 1 fully saturated rings. The van der Waals surface area contributed by atoms with E-state index >= 15 is 0 Å². The maximum absolute atomic E-state index is 4.44. The largest absolute Gasteiger partial charge is 0.317 e. The van der Waals surface area contributed by atoms with Gasteiger partial charge in [-0.15, -0.1) is 0 Å². The summed E-state index contributed by atoms with van der Waals surface area (Å²) in [5.74, 6) is 1.42. The standard InChI is InChI=1S/C13H23N3/c1-10(2)8-12-9-15-16(3)13(12)11-4-6-14-7-5-11/h9-11,14H,4-8H2,1-3H3. The van der Waals surface area contributed by atoms with Crippen molar-refractivity contribution in [3.05, 3.63) is 17.5 Å². The second-order valence-corrected chi connectivity index (χ2v) is 5.30. The van der Waals surface area contributed by atoms with Crippen LogP contribution in [0.1, 0.15) is 43.9 Å². The van der Waals surface area contributed by atoms with E-state index in [2.05, 4.69) is 42.2 Å². The molecule has 1 aromatic heterocycles. The van der Waals surface area contributed by atoms with Gasteiger partial charge in [0.2, 0.25) is 0 Å². The van der Waals surface area contributed by atoms with Crippen LogP contribution in [0.2, 0.25) is 0 Å². The van der Waals surface area contributed by atoms with Gasteiger partial charge >= 0.3 is 0 Å². The SMILES string of the molecule is CC(C)Cc1cnn(C)c1C1CCNCC1. The molecule has 90 valence electrons. The number of piperidine rings is 1. The molecule has 1 aliphatic rings. The topological polar surface area (TPSA) is 29.9 Å². The van der Waals surface area contributed by atoms with Gasteiger partial charge in [0.05, 0.1) is 6.20 Å². The lowest BCUT2D eigenvalue weighted by Crippen LogP contribution is -2.28. The van der Waals surface area contributed by atoms with E-state index in [1.54, 1.807) is 0 Å². The zero-order valence-electron chi connectivity index (χ0n) is 10.7. The summed E-state index contributed by atoms with van der Waals surface area (Å²) < 4.78 is 2.09. The van der Waals surface area contributed by atoms with Crippen molar-refractivity contribution in [2.45, 2.75) is 39.0 Å². The summed E-state index contributed by atoms with van der Waals surface area (Å²) in [6.45, 7) is 6.85. The third-order valence-electron chi connectivity index (χ3n) is 3.42. The first kappa shape index (κ1) is 11.6. The van der Waals surface area contributed by atoms with Crippen LogP contribution in [-0.2, 0) is 13.5 Å². The van der Waals surface area contributed by atoms with Crippen LogP contribution in [0.5, 0.6) is 0 Å². The van der Waals surface area contributed by atoms with Crippen molar-refractivity contribution in [2.75, 3.05) is 13.1 Å². The molecule has 0 saturated carbocycles. The van der Waals surface area contributed by atoms with E-state index in [4.69, 9.17) is 0 Å². The fraction of sp³-hybridized carbons (Fsp3) is 0.769. The first-order chi connectivity index (χ1) is 7.68. The van der Waals surface area contributed by atoms with Crippen molar-refractivity contribution in [1.82, 2.24) is 15.1 Å². The third-order valence-corrected chi connectivity index (χ3v) is 3.42. The minimum Gasteiger partial charge on any atom is -0.317 e. The number of hydrogen-bond donors (Lipinski definition) is 1. The Hall–Kier alpha value is -0.830. The zero-order valence-corrected chi connectivity index (χ0v) is 10.7. The molecule has 2 heterocycles. The Morgan fingerprint density at radius 3 is 2.75 bits per heavy atom. The fourth-order valence-corrected chi connectivity index (χ4v) is 2.71. The molecule has 0 unspecified atom stereocenters. The molecule has 1 aromatic rings. The third kappa shape index (κ3) is 2.46. The van der Waals surface area contributed by atoms with Gasteiger partial charge in [-0.05, 0) is 43.8 Å². The number of nitrogens with zero attached hydrogens (tertiary/aromatic N) is 2. The molecule has 3 heteroatoms. The summed E-state index contributed by atoms with van der Waals surface area (Å²) >= 11 is 0. The van der Waals surface area contributed by atoms with Gasteiger partial charge in [0.15, 0.2) is 0 Å². The Balaban J connectivity index is 2.19. The average Bonchev–Trinajstić information content (AvgIpc) is 2.60. The second-order valence-electron chi connectivity index (χ2n) is 5.30. The zero-order chi connectivity index (χ0) is 11.5. The molecule has 1 N–H and O–H groups in total. The Kier molecular flexibility index (Phi) is 3.64.